The highest BCUT2D eigenvalue weighted by atomic mass is 16.5. The van der Waals surface area contributed by atoms with E-state index in [9.17, 15) is 14.4 Å². The fourth-order valence-electron chi connectivity index (χ4n) is 3.45. The number of nitrogens with one attached hydrogen (secondary N) is 1. The number of piperidine rings is 1. The fourth-order valence-corrected chi connectivity index (χ4v) is 3.45. The van der Waals surface area contributed by atoms with Gasteiger partial charge in [0.25, 0.3) is 0 Å². The average Bonchev–Trinajstić information content (AvgIpc) is 3.02. The van der Waals surface area contributed by atoms with Crippen molar-refractivity contribution in [3.63, 3.8) is 0 Å². The highest BCUT2D eigenvalue weighted by Gasteiger charge is 2.33. The number of anilines is 1. The van der Waals surface area contributed by atoms with Gasteiger partial charge in [0.1, 0.15) is 5.75 Å². The Hall–Kier alpha value is -2.77. The lowest BCUT2D eigenvalue weighted by Gasteiger charge is -2.31. The maximum Gasteiger partial charge on any atom is 0.317 e. The second-order valence-corrected chi connectivity index (χ2v) is 6.72. The highest BCUT2D eigenvalue weighted by molar-refractivity contribution is 5.96. The standard InChI is InChI=1S/C18H24N4O4/c1-26-15-4-2-14(3-5-15)22-11-13(10-16(22)23)20-18(25)21-8-6-12(7-9-21)17(19)24/h2-5,12-13H,6-11H2,1H3,(H2,19,24)(H,20,25)/t13-/m1/s1. The van der Waals surface area contributed by atoms with Crippen LogP contribution >= 0.6 is 0 Å². The van der Waals surface area contributed by atoms with Crippen molar-refractivity contribution in [2.24, 2.45) is 11.7 Å². The van der Waals surface area contributed by atoms with Crippen molar-refractivity contribution >= 4 is 23.5 Å². The van der Waals surface area contributed by atoms with E-state index in [4.69, 9.17) is 10.5 Å². The molecule has 3 rings (SSSR count). The number of methoxy groups -OCH3 is 1. The summed E-state index contributed by atoms with van der Waals surface area (Å²) in [5, 5.41) is 2.93. The van der Waals surface area contributed by atoms with Crippen LogP contribution in [-0.4, -0.2) is 55.5 Å². The minimum atomic E-state index is -0.304. The molecule has 1 atom stereocenters. The van der Waals surface area contributed by atoms with Crippen LogP contribution in [0.4, 0.5) is 10.5 Å². The molecule has 2 aliphatic rings. The SMILES string of the molecule is COc1ccc(N2C[C@H](NC(=O)N3CCC(C(N)=O)CC3)CC2=O)cc1. The predicted molar refractivity (Wildman–Crippen MR) is 95.8 cm³/mol. The second-order valence-electron chi connectivity index (χ2n) is 6.72. The smallest absolute Gasteiger partial charge is 0.317 e. The van der Waals surface area contributed by atoms with Crippen molar-refractivity contribution in [1.82, 2.24) is 10.2 Å². The van der Waals surface area contributed by atoms with Crippen LogP contribution in [0.2, 0.25) is 0 Å². The van der Waals surface area contributed by atoms with Crippen LogP contribution in [-0.2, 0) is 9.59 Å². The maximum atomic E-state index is 12.4. The maximum absolute atomic E-state index is 12.4. The number of benzene rings is 1. The monoisotopic (exact) mass is 360 g/mol. The van der Waals surface area contributed by atoms with E-state index in [0.717, 1.165) is 11.4 Å². The molecule has 2 heterocycles. The van der Waals surface area contributed by atoms with Crippen molar-refractivity contribution in [2.45, 2.75) is 25.3 Å². The molecule has 2 aliphatic heterocycles. The van der Waals surface area contributed by atoms with Crippen LogP contribution in [0.15, 0.2) is 24.3 Å². The van der Waals surface area contributed by atoms with E-state index in [-0.39, 0.29) is 36.2 Å². The lowest BCUT2D eigenvalue weighted by Crippen LogP contribution is -2.49. The first-order valence-electron chi connectivity index (χ1n) is 8.77. The normalized spacial score (nSPS) is 21.0. The third kappa shape index (κ3) is 3.89. The summed E-state index contributed by atoms with van der Waals surface area (Å²) in [5.74, 6) is 0.247. The van der Waals surface area contributed by atoms with Gasteiger partial charge in [-0.15, -0.1) is 0 Å². The molecule has 0 radical (unpaired) electrons. The molecule has 0 unspecified atom stereocenters. The number of nitrogens with zero attached hydrogens (tertiary/aromatic N) is 2. The number of likely N-dealkylation sites (tertiary alicyclic amines) is 1. The lowest BCUT2D eigenvalue weighted by molar-refractivity contribution is -0.123. The first-order valence-corrected chi connectivity index (χ1v) is 8.77. The molecule has 0 aromatic heterocycles. The van der Waals surface area contributed by atoms with Crippen LogP contribution < -0.4 is 20.7 Å². The van der Waals surface area contributed by atoms with Crippen molar-refractivity contribution < 1.29 is 19.1 Å². The third-order valence-electron chi connectivity index (χ3n) is 5.02. The van der Waals surface area contributed by atoms with Crippen molar-refractivity contribution in [2.75, 3.05) is 31.6 Å². The molecule has 1 aromatic carbocycles. The lowest BCUT2D eigenvalue weighted by atomic mass is 9.96. The Labute approximate surface area is 152 Å². The Morgan fingerprint density at radius 1 is 1.19 bits per heavy atom. The van der Waals surface area contributed by atoms with Crippen molar-refractivity contribution in [3.8, 4) is 5.75 Å². The van der Waals surface area contributed by atoms with E-state index in [2.05, 4.69) is 5.32 Å². The summed E-state index contributed by atoms with van der Waals surface area (Å²) in [6.07, 6.45) is 1.45. The molecule has 0 bridgehead atoms. The quantitative estimate of drug-likeness (QED) is 0.825. The molecule has 1 aromatic rings. The highest BCUT2D eigenvalue weighted by Crippen LogP contribution is 2.24. The predicted octanol–water partition coefficient (Wildman–Crippen LogP) is 0.707. The van der Waals surface area contributed by atoms with Gasteiger partial charge in [0.2, 0.25) is 11.8 Å². The van der Waals surface area contributed by atoms with Crippen molar-refractivity contribution in [1.29, 1.82) is 0 Å². The number of hydrogen-bond donors (Lipinski definition) is 2. The summed E-state index contributed by atoms with van der Waals surface area (Å²) in [6, 6.07) is 6.84. The van der Waals surface area contributed by atoms with E-state index in [1.807, 2.05) is 12.1 Å². The Morgan fingerprint density at radius 2 is 1.85 bits per heavy atom. The van der Waals surface area contributed by atoms with Crippen LogP contribution in [0.3, 0.4) is 0 Å². The Bertz CT molecular complexity index is 683. The molecule has 4 amide bonds. The van der Waals surface area contributed by atoms with Gasteiger partial charge in [0, 0.05) is 37.7 Å². The summed E-state index contributed by atoms with van der Waals surface area (Å²) >= 11 is 0. The van der Waals surface area contributed by atoms with E-state index in [1.165, 1.54) is 0 Å². The number of primary amides is 1. The summed E-state index contributed by atoms with van der Waals surface area (Å²) in [7, 11) is 1.59. The number of amides is 4. The minimum absolute atomic E-state index is 0.0205. The first kappa shape index (κ1) is 18.0. The van der Waals surface area contributed by atoms with E-state index in [1.54, 1.807) is 29.0 Å². The van der Waals surface area contributed by atoms with Gasteiger partial charge in [0.05, 0.1) is 13.2 Å². The number of carbonyl (C=O) groups is 3. The Balaban J connectivity index is 1.54. The number of nitrogens with two attached hydrogens (primary N) is 1. The number of urea groups is 1. The summed E-state index contributed by atoms with van der Waals surface area (Å²) in [6.45, 7) is 1.44. The number of rotatable bonds is 4. The van der Waals surface area contributed by atoms with Crippen LogP contribution in [0.25, 0.3) is 0 Å². The second kappa shape index (κ2) is 7.63. The van der Waals surface area contributed by atoms with Gasteiger partial charge in [-0.25, -0.2) is 4.79 Å². The topological polar surface area (TPSA) is 105 Å². The zero-order valence-corrected chi connectivity index (χ0v) is 14.8. The van der Waals surface area contributed by atoms with Gasteiger partial charge in [-0.2, -0.15) is 0 Å². The molecule has 0 spiro atoms. The molecule has 8 heteroatoms. The molecule has 140 valence electrons. The van der Waals surface area contributed by atoms with E-state index in [0.29, 0.717) is 32.5 Å². The molecular formula is C18H24N4O4. The van der Waals surface area contributed by atoms with Crippen molar-refractivity contribution in [3.05, 3.63) is 24.3 Å². The number of ether oxygens (including phenoxy) is 1. The zero-order valence-electron chi connectivity index (χ0n) is 14.8. The molecular weight excluding hydrogens is 336 g/mol. The molecule has 2 saturated heterocycles. The zero-order chi connectivity index (χ0) is 18.7. The average molecular weight is 360 g/mol. The molecule has 8 nitrogen and oxygen atoms in total. The minimum Gasteiger partial charge on any atom is -0.497 e. The number of carbonyl (C=O) groups excluding carboxylic acids is 3. The largest absolute Gasteiger partial charge is 0.497 e. The van der Waals surface area contributed by atoms with Gasteiger partial charge in [-0.3, -0.25) is 9.59 Å². The van der Waals surface area contributed by atoms with E-state index < -0.39 is 0 Å². The Morgan fingerprint density at radius 3 is 2.42 bits per heavy atom. The van der Waals surface area contributed by atoms with Crippen LogP contribution in [0.5, 0.6) is 5.75 Å². The summed E-state index contributed by atoms with van der Waals surface area (Å²) < 4.78 is 5.13. The van der Waals surface area contributed by atoms with Gasteiger partial charge >= 0.3 is 6.03 Å². The van der Waals surface area contributed by atoms with Gasteiger partial charge in [0.15, 0.2) is 0 Å². The summed E-state index contributed by atoms with van der Waals surface area (Å²) in [4.78, 5) is 39.3. The molecule has 26 heavy (non-hydrogen) atoms. The van der Waals surface area contributed by atoms with Gasteiger partial charge in [-0.1, -0.05) is 0 Å². The third-order valence-corrected chi connectivity index (χ3v) is 5.02. The Kier molecular flexibility index (Phi) is 5.29. The molecule has 0 saturated carbocycles. The number of hydrogen-bond acceptors (Lipinski definition) is 4. The molecule has 0 aliphatic carbocycles. The summed E-state index contributed by atoms with van der Waals surface area (Å²) in [5.41, 5.74) is 6.10. The van der Waals surface area contributed by atoms with E-state index >= 15 is 0 Å². The van der Waals surface area contributed by atoms with Crippen LogP contribution in [0, 0.1) is 5.92 Å². The fraction of sp³-hybridized carbons (Fsp3) is 0.500. The van der Waals surface area contributed by atoms with Gasteiger partial charge in [-0.05, 0) is 37.1 Å². The van der Waals surface area contributed by atoms with Crippen LogP contribution in [0.1, 0.15) is 19.3 Å². The molecule has 2 fully saturated rings. The van der Waals surface area contributed by atoms with Gasteiger partial charge < -0.3 is 25.6 Å². The first-order chi connectivity index (χ1) is 12.5. The molecule has 3 N–H and O–H groups in total.